The van der Waals surface area contributed by atoms with Crippen LogP contribution < -0.4 is 5.32 Å². The number of benzene rings is 2. The molecule has 0 fully saturated rings. The zero-order chi connectivity index (χ0) is 17.9. The maximum absolute atomic E-state index is 12.5. The van der Waals surface area contributed by atoms with E-state index in [9.17, 15) is 4.79 Å². The first-order valence-corrected chi connectivity index (χ1v) is 9.03. The van der Waals surface area contributed by atoms with E-state index >= 15 is 0 Å². The van der Waals surface area contributed by atoms with Crippen LogP contribution in [-0.4, -0.2) is 15.8 Å². The van der Waals surface area contributed by atoms with Crippen molar-refractivity contribution in [3.8, 4) is 0 Å². The third-order valence-electron chi connectivity index (χ3n) is 4.93. The standard InChI is InChI=1S/C22H21N3O/c1-2-15-8-10-18(11-9-15)24-22-23-14-19-20(25-22)12-17(13-21(19)26)16-6-4-3-5-7-16/h3-11,14,17H,2,12-13H2,1H3,(H,23,24,25)/t17-/m1/s1. The maximum atomic E-state index is 12.5. The number of ketones is 1. The number of nitrogens with zero attached hydrogens (tertiary/aromatic N) is 2. The van der Waals surface area contributed by atoms with Gasteiger partial charge in [0.15, 0.2) is 5.78 Å². The number of aryl methyl sites for hydroxylation is 1. The van der Waals surface area contributed by atoms with E-state index in [2.05, 4.69) is 46.5 Å². The van der Waals surface area contributed by atoms with Crippen molar-refractivity contribution in [2.45, 2.75) is 32.1 Å². The molecule has 0 saturated heterocycles. The SMILES string of the molecule is CCc1ccc(Nc2ncc3c(n2)C[C@@H](c2ccccc2)CC3=O)cc1. The molecule has 26 heavy (non-hydrogen) atoms. The highest BCUT2D eigenvalue weighted by molar-refractivity contribution is 5.98. The molecular weight excluding hydrogens is 322 g/mol. The molecule has 0 unspecified atom stereocenters. The fourth-order valence-corrected chi connectivity index (χ4v) is 3.42. The van der Waals surface area contributed by atoms with Crippen LogP contribution in [0, 0.1) is 0 Å². The lowest BCUT2D eigenvalue weighted by Crippen LogP contribution is -2.21. The first-order valence-electron chi connectivity index (χ1n) is 9.03. The topological polar surface area (TPSA) is 54.9 Å². The van der Waals surface area contributed by atoms with Crippen LogP contribution in [0.25, 0.3) is 0 Å². The maximum Gasteiger partial charge on any atom is 0.227 e. The van der Waals surface area contributed by atoms with Crippen molar-refractivity contribution >= 4 is 17.4 Å². The van der Waals surface area contributed by atoms with Crippen molar-refractivity contribution in [3.63, 3.8) is 0 Å². The second kappa shape index (κ2) is 7.08. The Morgan fingerprint density at radius 3 is 2.54 bits per heavy atom. The molecule has 2 aromatic carbocycles. The average molecular weight is 343 g/mol. The van der Waals surface area contributed by atoms with Crippen molar-refractivity contribution in [2.75, 3.05) is 5.32 Å². The lowest BCUT2D eigenvalue weighted by atomic mass is 9.82. The summed E-state index contributed by atoms with van der Waals surface area (Å²) in [5, 5.41) is 3.24. The summed E-state index contributed by atoms with van der Waals surface area (Å²) in [6.07, 6.45) is 3.95. The second-order valence-electron chi connectivity index (χ2n) is 6.67. The zero-order valence-electron chi connectivity index (χ0n) is 14.8. The molecule has 0 spiro atoms. The number of Topliss-reactive ketones (excluding diaryl/α,β-unsaturated/α-hetero) is 1. The Hall–Kier alpha value is -3.01. The van der Waals surface area contributed by atoms with Gasteiger partial charge in [0.1, 0.15) is 0 Å². The first kappa shape index (κ1) is 16.5. The quantitative estimate of drug-likeness (QED) is 0.746. The van der Waals surface area contributed by atoms with Crippen LogP contribution in [0.15, 0.2) is 60.8 Å². The number of rotatable bonds is 4. The highest BCUT2D eigenvalue weighted by Gasteiger charge is 2.27. The summed E-state index contributed by atoms with van der Waals surface area (Å²) >= 11 is 0. The van der Waals surface area contributed by atoms with Gasteiger partial charge >= 0.3 is 0 Å². The molecule has 1 heterocycles. The second-order valence-corrected chi connectivity index (χ2v) is 6.67. The molecule has 4 nitrogen and oxygen atoms in total. The van der Waals surface area contributed by atoms with Gasteiger partial charge < -0.3 is 5.32 Å². The molecule has 1 N–H and O–H groups in total. The average Bonchev–Trinajstić information content (AvgIpc) is 2.69. The number of carbonyl (C=O) groups is 1. The molecule has 4 rings (SSSR count). The summed E-state index contributed by atoms with van der Waals surface area (Å²) in [6.45, 7) is 2.13. The Bertz CT molecular complexity index is 920. The van der Waals surface area contributed by atoms with Gasteiger partial charge in [0, 0.05) is 18.3 Å². The van der Waals surface area contributed by atoms with E-state index < -0.39 is 0 Å². The smallest absolute Gasteiger partial charge is 0.227 e. The summed E-state index contributed by atoms with van der Waals surface area (Å²) in [5.74, 6) is 0.844. The van der Waals surface area contributed by atoms with E-state index in [0.717, 1.165) is 24.2 Å². The van der Waals surface area contributed by atoms with Crippen molar-refractivity contribution in [3.05, 3.63) is 83.2 Å². The van der Waals surface area contributed by atoms with Crippen LogP contribution in [0.4, 0.5) is 11.6 Å². The van der Waals surface area contributed by atoms with Gasteiger partial charge in [-0.15, -0.1) is 0 Å². The molecule has 1 aromatic heterocycles. The molecule has 1 aliphatic carbocycles. The Balaban J connectivity index is 1.58. The minimum absolute atomic E-state index is 0.124. The molecule has 1 atom stereocenters. The molecule has 0 radical (unpaired) electrons. The van der Waals surface area contributed by atoms with Crippen molar-refractivity contribution < 1.29 is 4.79 Å². The third kappa shape index (κ3) is 3.36. The lowest BCUT2D eigenvalue weighted by molar-refractivity contribution is 0.0962. The fraction of sp³-hybridized carbons (Fsp3) is 0.227. The zero-order valence-corrected chi connectivity index (χ0v) is 14.8. The molecule has 130 valence electrons. The van der Waals surface area contributed by atoms with Crippen LogP contribution in [-0.2, 0) is 12.8 Å². The van der Waals surface area contributed by atoms with Gasteiger partial charge in [0.05, 0.1) is 11.3 Å². The van der Waals surface area contributed by atoms with Gasteiger partial charge in [-0.25, -0.2) is 9.97 Å². The fourth-order valence-electron chi connectivity index (χ4n) is 3.42. The highest BCUT2D eigenvalue weighted by atomic mass is 16.1. The van der Waals surface area contributed by atoms with Gasteiger partial charge in [0.25, 0.3) is 0 Å². The van der Waals surface area contributed by atoms with Crippen LogP contribution in [0.1, 0.15) is 46.4 Å². The van der Waals surface area contributed by atoms with Crippen LogP contribution in [0.5, 0.6) is 0 Å². The minimum atomic E-state index is 0.124. The van der Waals surface area contributed by atoms with E-state index in [1.165, 1.54) is 11.1 Å². The van der Waals surface area contributed by atoms with Crippen LogP contribution >= 0.6 is 0 Å². The number of anilines is 2. The monoisotopic (exact) mass is 343 g/mol. The number of hydrogen-bond donors (Lipinski definition) is 1. The first-order chi connectivity index (χ1) is 12.7. The number of hydrogen-bond acceptors (Lipinski definition) is 4. The van der Waals surface area contributed by atoms with E-state index in [4.69, 9.17) is 0 Å². The highest BCUT2D eigenvalue weighted by Crippen LogP contribution is 2.32. The normalized spacial score (nSPS) is 16.2. The number of fused-ring (bicyclic) bond motifs is 1. The summed E-state index contributed by atoms with van der Waals surface area (Å²) in [7, 11) is 0. The molecule has 0 aliphatic heterocycles. The van der Waals surface area contributed by atoms with E-state index in [1.807, 2.05) is 30.3 Å². The Morgan fingerprint density at radius 1 is 1.04 bits per heavy atom. The molecule has 1 aliphatic rings. The van der Waals surface area contributed by atoms with E-state index in [0.29, 0.717) is 17.9 Å². The third-order valence-corrected chi connectivity index (χ3v) is 4.93. The van der Waals surface area contributed by atoms with Crippen LogP contribution in [0.2, 0.25) is 0 Å². The van der Waals surface area contributed by atoms with Gasteiger partial charge in [-0.2, -0.15) is 0 Å². The van der Waals surface area contributed by atoms with Crippen molar-refractivity contribution in [2.24, 2.45) is 0 Å². The van der Waals surface area contributed by atoms with Crippen molar-refractivity contribution in [1.29, 1.82) is 0 Å². The number of carbonyl (C=O) groups excluding carboxylic acids is 1. The van der Waals surface area contributed by atoms with Gasteiger partial charge in [0.2, 0.25) is 5.95 Å². The molecule has 0 bridgehead atoms. The van der Waals surface area contributed by atoms with E-state index in [1.54, 1.807) is 6.20 Å². The Kier molecular flexibility index (Phi) is 4.48. The molecule has 0 amide bonds. The van der Waals surface area contributed by atoms with Crippen LogP contribution in [0.3, 0.4) is 0 Å². The number of nitrogens with one attached hydrogen (secondary N) is 1. The molecule has 4 heteroatoms. The predicted molar refractivity (Wildman–Crippen MR) is 103 cm³/mol. The van der Waals surface area contributed by atoms with Crippen molar-refractivity contribution in [1.82, 2.24) is 9.97 Å². The Labute approximate surface area is 153 Å². The summed E-state index contributed by atoms with van der Waals surface area (Å²) in [5.41, 5.74) is 4.92. The molecule has 3 aromatic rings. The molecular formula is C22H21N3O. The van der Waals surface area contributed by atoms with Gasteiger partial charge in [-0.05, 0) is 42.0 Å². The summed E-state index contributed by atoms with van der Waals surface area (Å²) in [6, 6.07) is 18.4. The van der Waals surface area contributed by atoms with Gasteiger partial charge in [-0.3, -0.25) is 4.79 Å². The lowest BCUT2D eigenvalue weighted by Gasteiger charge is -2.23. The van der Waals surface area contributed by atoms with E-state index in [-0.39, 0.29) is 11.7 Å². The largest absolute Gasteiger partial charge is 0.324 e. The minimum Gasteiger partial charge on any atom is -0.324 e. The number of aromatic nitrogens is 2. The molecule has 0 saturated carbocycles. The van der Waals surface area contributed by atoms with Gasteiger partial charge in [-0.1, -0.05) is 49.4 Å². The summed E-state index contributed by atoms with van der Waals surface area (Å²) < 4.78 is 0. The Morgan fingerprint density at radius 2 is 1.81 bits per heavy atom. The summed E-state index contributed by atoms with van der Waals surface area (Å²) in [4.78, 5) is 21.5. The predicted octanol–water partition coefficient (Wildman–Crippen LogP) is 4.70.